The van der Waals surface area contributed by atoms with Gasteiger partial charge in [-0.15, -0.1) is 0 Å². The number of rotatable bonds is 3. The van der Waals surface area contributed by atoms with Crippen LogP contribution < -0.4 is 5.32 Å². The lowest BCUT2D eigenvalue weighted by molar-refractivity contribution is 0.370. The van der Waals surface area contributed by atoms with Crippen molar-refractivity contribution in [2.75, 3.05) is 19.6 Å². The Morgan fingerprint density at radius 1 is 1.50 bits per heavy atom. The molecule has 0 spiro atoms. The fraction of sp³-hybridized carbons (Fsp3) is 0.625. The highest BCUT2D eigenvalue weighted by Crippen LogP contribution is 2.28. The van der Waals surface area contributed by atoms with Crippen LogP contribution in [-0.4, -0.2) is 35.5 Å². The zero-order valence-electron chi connectivity index (χ0n) is 13.1. The summed E-state index contributed by atoms with van der Waals surface area (Å²) in [4.78, 5) is 11.5. The van der Waals surface area contributed by atoms with Gasteiger partial charge in [-0.3, -0.25) is 4.98 Å². The zero-order valence-corrected chi connectivity index (χ0v) is 13.1. The van der Waals surface area contributed by atoms with Crippen molar-refractivity contribution in [1.29, 1.82) is 0 Å². The van der Waals surface area contributed by atoms with Crippen LogP contribution >= 0.6 is 0 Å². The van der Waals surface area contributed by atoms with E-state index in [9.17, 15) is 0 Å². The molecule has 1 aliphatic rings. The molecule has 0 atom stereocenters. The molecule has 2 rings (SSSR count). The highest BCUT2D eigenvalue weighted by molar-refractivity contribution is 5.80. The predicted molar refractivity (Wildman–Crippen MR) is 83.8 cm³/mol. The summed E-state index contributed by atoms with van der Waals surface area (Å²) in [5, 5.41) is 3.40. The van der Waals surface area contributed by atoms with Crippen LogP contribution in [0.5, 0.6) is 0 Å². The largest absolute Gasteiger partial charge is 0.357 e. The van der Waals surface area contributed by atoms with Gasteiger partial charge in [-0.25, -0.2) is 4.99 Å². The number of hydrogen-bond donors (Lipinski definition) is 1. The second kappa shape index (κ2) is 6.25. The van der Waals surface area contributed by atoms with Crippen LogP contribution in [0.25, 0.3) is 0 Å². The Kier molecular flexibility index (Phi) is 4.63. The minimum absolute atomic E-state index is 0.386. The molecule has 1 saturated heterocycles. The Bertz CT molecular complexity index is 479. The van der Waals surface area contributed by atoms with Crippen LogP contribution in [0.15, 0.2) is 23.3 Å². The fourth-order valence-corrected chi connectivity index (χ4v) is 2.55. The van der Waals surface area contributed by atoms with Crippen molar-refractivity contribution in [2.45, 2.75) is 40.7 Å². The molecule has 0 bridgehead atoms. The van der Waals surface area contributed by atoms with E-state index in [1.54, 1.807) is 0 Å². The number of nitrogens with zero attached hydrogens (tertiary/aromatic N) is 3. The Balaban J connectivity index is 2.09. The maximum Gasteiger partial charge on any atom is 0.194 e. The van der Waals surface area contributed by atoms with Gasteiger partial charge in [-0.05, 0) is 37.3 Å². The van der Waals surface area contributed by atoms with Gasteiger partial charge in [0.1, 0.15) is 0 Å². The number of hydrogen-bond acceptors (Lipinski definition) is 2. The van der Waals surface area contributed by atoms with Gasteiger partial charge >= 0.3 is 0 Å². The molecule has 4 heteroatoms. The van der Waals surface area contributed by atoms with E-state index in [4.69, 9.17) is 4.99 Å². The number of pyridine rings is 1. The van der Waals surface area contributed by atoms with Crippen molar-refractivity contribution < 1.29 is 0 Å². The molecule has 1 N–H and O–H groups in total. The van der Waals surface area contributed by atoms with Crippen molar-refractivity contribution in [3.05, 3.63) is 29.6 Å². The van der Waals surface area contributed by atoms with Gasteiger partial charge in [0.05, 0.1) is 12.2 Å². The molecule has 110 valence electrons. The highest BCUT2D eigenvalue weighted by Gasteiger charge is 2.30. The summed E-state index contributed by atoms with van der Waals surface area (Å²) < 4.78 is 0. The van der Waals surface area contributed by atoms with Gasteiger partial charge in [-0.2, -0.15) is 0 Å². The SMILES string of the molecule is CCNC(=NCc1ncccc1C)N1CCC(C)(C)C1. The van der Waals surface area contributed by atoms with Gasteiger partial charge in [0.25, 0.3) is 0 Å². The van der Waals surface area contributed by atoms with Gasteiger partial charge in [0, 0.05) is 25.8 Å². The number of nitrogens with one attached hydrogen (secondary N) is 1. The molecule has 1 fully saturated rings. The standard InChI is InChI=1S/C16H26N4/c1-5-17-15(20-10-8-16(3,4)12-20)19-11-14-13(2)7-6-9-18-14/h6-7,9H,5,8,10-12H2,1-4H3,(H,17,19). The second-order valence-electron chi connectivity index (χ2n) is 6.27. The van der Waals surface area contributed by atoms with E-state index in [0.29, 0.717) is 12.0 Å². The van der Waals surface area contributed by atoms with E-state index in [0.717, 1.165) is 31.3 Å². The topological polar surface area (TPSA) is 40.5 Å². The van der Waals surface area contributed by atoms with E-state index < -0.39 is 0 Å². The molecule has 0 aliphatic carbocycles. The Morgan fingerprint density at radius 2 is 2.30 bits per heavy atom. The summed E-state index contributed by atoms with van der Waals surface area (Å²) in [5.74, 6) is 1.02. The number of aromatic nitrogens is 1. The molecule has 0 radical (unpaired) electrons. The summed E-state index contributed by atoms with van der Waals surface area (Å²) in [5.41, 5.74) is 2.65. The Hall–Kier alpha value is -1.58. The van der Waals surface area contributed by atoms with Gasteiger partial charge in [-0.1, -0.05) is 19.9 Å². The van der Waals surface area contributed by atoms with Gasteiger partial charge in [0.2, 0.25) is 0 Å². The van der Waals surface area contributed by atoms with E-state index in [1.165, 1.54) is 12.0 Å². The maximum atomic E-state index is 4.76. The van der Waals surface area contributed by atoms with Crippen molar-refractivity contribution in [3.63, 3.8) is 0 Å². The summed E-state index contributed by atoms with van der Waals surface area (Å²) in [6.45, 7) is 12.5. The molecular formula is C16H26N4. The molecular weight excluding hydrogens is 248 g/mol. The van der Waals surface area contributed by atoms with Crippen molar-refractivity contribution in [1.82, 2.24) is 15.2 Å². The van der Waals surface area contributed by atoms with E-state index in [-0.39, 0.29) is 0 Å². The molecule has 0 unspecified atom stereocenters. The number of aryl methyl sites for hydroxylation is 1. The first kappa shape index (κ1) is 14.8. The third kappa shape index (κ3) is 3.71. The first-order valence-corrected chi connectivity index (χ1v) is 7.45. The van der Waals surface area contributed by atoms with Crippen LogP contribution in [0.3, 0.4) is 0 Å². The Morgan fingerprint density at radius 3 is 2.90 bits per heavy atom. The normalized spacial score (nSPS) is 18.4. The molecule has 2 heterocycles. The number of guanidine groups is 1. The lowest BCUT2D eigenvalue weighted by atomic mass is 9.93. The first-order chi connectivity index (χ1) is 9.52. The van der Waals surface area contributed by atoms with Crippen LogP contribution in [0.4, 0.5) is 0 Å². The molecule has 0 amide bonds. The van der Waals surface area contributed by atoms with Crippen molar-refractivity contribution >= 4 is 5.96 Å². The molecule has 1 aliphatic heterocycles. The molecule has 0 saturated carbocycles. The summed E-state index contributed by atoms with van der Waals surface area (Å²) in [6.07, 6.45) is 3.06. The lowest BCUT2D eigenvalue weighted by Crippen LogP contribution is -2.40. The van der Waals surface area contributed by atoms with Crippen LogP contribution in [-0.2, 0) is 6.54 Å². The van der Waals surface area contributed by atoms with Gasteiger partial charge in [0.15, 0.2) is 5.96 Å². The smallest absolute Gasteiger partial charge is 0.194 e. The fourth-order valence-electron chi connectivity index (χ4n) is 2.55. The van der Waals surface area contributed by atoms with E-state index >= 15 is 0 Å². The Labute approximate surface area is 122 Å². The van der Waals surface area contributed by atoms with Crippen molar-refractivity contribution in [3.8, 4) is 0 Å². The third-order valence-corrected chi connectivity index (χ3v) is 3.81. The lowest BCUT2D eigenvalue weighted by Gasteiger charge is -2.23. The highest BCUT2D eigenvalue weighted by atomic mass is 15.3. The molecule has 1 aromatic heterocycles. The van der Waals surface area contributed by atoms with Crippen LogP contribution in [0.1, 0.15) is 38.4 Å². The van der Waals surface area contributed by atoms with Crippen LogP contribution in [0, 0.1) is 12.3 Å². The quantitative estimate of drug-likeness (QED) is 0.680. The first-order valence-electron chi connectivity index (χ1n) is 7.45. The summed E-state index contributed by atoms with van der Waals surface area (Å²) in [6, 6.07) is 4.06. The molecule has 20 heavy (non-hydrogen) atoms. The second-order valence-corrected chi connectivity index (χ2v) is 6.27. The minimum atomic E-state index is 0.386. The number of aliphatic imine (C=N–C) groups is 1. The minimum Gasteiger partial charge on any atom is -0.357 e. The van der Waals surface area contributed by atoms with Gasteiger partial charge < -0.3 is 10.2 Å². The molecule has 1 aromatic rings. The summed E-state index contributed by atoms with van der Waals surface area (Å²) in [7, 11) is 0. The van der Waals surface area contributed by atoms with Crippen molar-refractivity contribution in [2.24, 2.45) is 10.4 Å². The molecule has 4 nitrogen and oxygen atoms in total. The van der Waals surface area contributed by atoms with Crippen LogP contribution in [0.2, 0.25) is 0 Å². The molecule has 0 aromatic carbocycles. The third-order valence-electron chi connectivity index (χ3n) is 3.81. The monoisotopic (exact) mass is 274 g/mol. The number of likely N-dealkylation sites (tertiary alicyclic amines) is 1. The predicted octanol–water partition coefficient (Wildman–Crippen LogP) is 2.59. The van der Waals surface area contributed by atoms with E-state index in [1.807, 2.05) is 12.3 Å². The zero-order chi connectivity index (χ0) is 14.6. The maximum absolute atomic E-state index is 4.76. The average Bonchev–Trinajstić information content (AvgIpc) is 2.76. The summed E-state index contributed by atoms with van der Waals surface area (Å²) >= 11 is 0. The van der Waals surface area contributed by atoms with E-state index in [2.05, 4.69) is 49.0 Å². The average molecular weight is 274 g/mol.